The maximum absolute atomic E-state index is 12.8. The Labute approximate surface area is 180 Å². The van der Waals surface area contributed by atoms with Crippen molar-refractivity contribution in [2.75, 3.05) is 12.4 Å². The van der Waals surface area contributed by atoms with Crippen molar-refractivity contribution in [1.29, 1.82) is 0 Å². The minimum Gasteiger partial charge on any atom is -0.497 e. The Kier molecular flexibility index (Phi) is 5.20. The van der Waals surface area contributed by atoms with Gasteiger partial charge in [-0.15, -0.1) is 5.10 Å². The zero-order valence-corrected chi connectivity index (χ0v) is 18.1. The van der Waals surface area contributed by atoms with Crippen LogP contribution < -0.4 is 10.1 Å². The van der Waals surface area contributed by atoms with Crippen molar-refractivity contribution in [2.45, 2.75) is 52.3 Å². The first-order valence-electron chi connectivity index (χ1n) is 10.2. The van der Waals surface area contributed by atoms with Crippen LogP contribution in [0.1, 0.15) is 60.0 Å². The number of hydrogen-bond donors (Lipinski definition) is 1. The van der Waals surface area contributed by atoms with Crippen molar-refractivity contribution in [1.82, 2.24) is 14.7 Å². The van der Waals surface area contributed by atoms with Gasteiger partial charge in [-0.25, -0.2) is 9.48 Å². The molecule has 4 rings (SSSR count). The number of benzene rings is 1. The van der Waals surface area contributed by atoms with Crippen LogP contribution in [0, 0.1) is 5.92 Å². The van der Waals surface area contributed by atoms with Gasteiger partial charge in [-0.1, -0.05) is 0 Å². The molecule has 1 saturated carbocycles. The molecule has 2 aromatic rings. The topological polar surface area (TPSA) is 103 Å². The number of nitrogens with zero attached hydrogens (tertiary/aromatic N) is 3. The van der Waals surface area contributed by atoms with E-state index in [1.807, 2.05) is 0 Å². The third-order valence-corrected chi connectivity index (χ3v) is 5.15. The second-order valence-electron chi connectivity index (χ2n) is 8.82. The number of ether oxygens (including phenoxy) is 2. The molecule has 2 aliphatic rings. The van der Waals surface area contributed by atoms with E-state index in [2.05, 4.69) is 10.4 Å². The second-order valence-corrected chi connectivity index (χ2v) is 8.82. The first-order chi connectivity index (χ1) is 14.7. The van der Waals surface area contributed by atoms with E-state index in [0.717, 1.165) is 12.8 Å². The summed E-state index contributed by atoms with van der Waals surface area (Å²) >= 11 is 0. The molecule has 0 spiro atoms. The Balaban J connectivity index is 1.59. The van der Waals surface area contributed by atoms with E-state index in [-0.39, 0.29) is 36.6 Å². The van der Waals surface area contributed by atoms with E-state index in [4.69, 9.17) is 9.47 Å². The highest BCUT2D eigenvalue weighted by atomic mass is 16.6. The van der Waals surface area contributed by atoms with Crippen molar-refractivity contribution >= 4 is 23.7 Å². The Morgan fingerprint density at radius 2 is 1.77 bits per heavy atom. The smallest absolute Gasteiger partial charge is 0.410 e. The van der Waals surface area contributed by atoms with Gasteiger partial charge in [0.15, 0.2) is 5.82 Å². The molecule has 1 fully saturated rings. The predicted molar refractivity (Wildman–Crippen MR) is 112 cm³/mol. The average molecular weight is 426 g/mol. The van der Waals surface area contributed by atoms with Crippen molar-refractivity contribution in [3.8, 4) is 5.75 Å². The number of amides is 2. The number of hydrogen-bond acceptors (Lipinski definition) is 6. The van der Waals surface area contributed by atoms with Crippen molar-refractivity contribution in [3.05, 3.63) is 41.1 Å². The summed E-state index contributed by atoms with van der Waals surface area (Å²) < 4.78 is 11.9. The molecule has 9 heteroatoms. The van der Waals surface area contributed by atoms with E-state index in [0.29, 0.717) is 22.6 Å². The molecule has 0 unspecified atom stereocenters. The van der Waals surface area contributed by atoms with Crippen molar-refractivity contribution < 1.29 is 23.9 Å². The Morgan fingerprint density at radius 3 is 2.35 bits per heavy atom. The number of carbonyl (C=O) groups excluding carboxylic acids is 3. The molecule has 31 heavy (non-hydrogen) atoms. The number of fused-ring (bicyclic) bond motifs is 1. The summed E-state index contributed by atoms with van der Waals surface area (Å²) in [5.74, 6) is 0.419. The molecule has 0 saturated heterocycles. The number of carbonyl (C=O) groups is 3. The van der Waals surface area contributed by atoms with Crippen LogP contribution in [-0.4, -0.2) is 45.3 Å². The molecule has 0 radical (unpaired) electrons. The molecule has 9 nitrogen and oxygen atoms in total. The standard InChI is InChI=1S/C22H26N4O5/c1-22(2,3)31-21(29)25-11-16-17(12-25)26(20(28)14-5-6-14)24-18(16)23-19(27)13-7-9-15(30-4)10-8-13/h7-10,14H,5-6,11-12H2,1-4H3,(H,23,24,27). The lowest BCUT2D eigenvalue weighted by molar-refractivity contribution is 0.0237. The van der Waals surface area contributed by atoms with Gasteiger partial charge in [0.25, 0.3) is 5.91 Å². The first kappa shape index (κ1) is 20.9. The summed E-state index contributed by atoms with van der Waals surface area (Å²) in [5.41, 5.74) is 1.07. The number of anilines is 1. The third kappa shape index (κ3) is 4.40. The summed E-state index contributed by atoms with van der Waals surface area (Å²) in [4.78, 5) is 39.6. The third-order valence-electron chi connectivity index (χ3n) is 5.15. The monoisotopic (exact) mass is 426 g/mol. The summed E-state index contributed by atoms with van der Waals surface area (Å²) in [6.45, 7) is 5.81. The van der Waals surface area contributed by atoms with Crippen LogP contribution in [0.25, 0.3) is 0 Å². The Bertz CT molecular complexity index is 1030. The number of methoxy groups -OCH3 is 1. The zero-order valence-electron chi connectivity index (χ0n) is 18.1. The van der Waals surface area contributed by atoms with E-state index >= 15 is 0 Å². The fourth-order valence-electron chi connectivity index (χ4n) is 3.40. The number of nitrogens with one attached hydrogen (secondary N) is 1. The second kappa shape index (κ2) is 7.72. The lowest BCUT2D eigenvalue weighted by Crippen LogP contribution is -2.34. The van der Waals surface area contributed by atoms with Crippen LogP contribution in [-0.2, 0) is 17.8 Å². The van der Waals surface area contributed by atoms with E-state index < -0.39 is 11.7 Å². The van der Waals surface area contributed by atoms with E-state index in [1.165, 1.54) is 9.58 Å². The quantitative estimate of drug-likeness (QED) is 0.803. The molecule has 2 amide bonds. The molecule has 1 aliphatic carbocycles. The molecule has 0 atom stereocenters. The van der Waals surface area contributed by atoms with Gasteiger partial charge in [-0.2, -0.15) is 0 Å². The van der Waals surface area contributed by atoms with Crippen LogP contribution in [0.15, 0.2) is 24.3 Å². The van der Waals surface area contributed by atoms with Gasteiger partial charge in [-0.3, -0.25) is 14.5 Å². The predicted octanol–water partition coefficient (Wildman–Crippen LogP) is 3.44. The Morgan fingerprint density at radius 1 is 1.10 bits per heavy atom. The highest BCUT2D eigenvalue weighted by molar-refractivity contribution is 6.04. The van der Waals surface area contributed by atoms with Gasteiger partial charge in [-0.05, 0) is 57.9 Å². The highest BCUT2D eigenvalue weighted by Gasteiger charge is 2.39. The van der Waals surface area contributed by atoms with Crippen LogP contribution in [0.4, 0.5) is 10.6 Å². The van der Waals surface area contributed by atoms with E-state index in [1.54, 1.807) is 52.1 Å². The first-order valence-corrected chi connectivity index (χ1v) is 10.2. The highest BCUT2D eigenvalue weighted by Crippen LogP contribution is 2.35. The molecular weight excluding hydrogens is 400 g/mol. The number of rotatable bonds is 4. The number of aromatic nitrogens is 2. The summed E-state index contributed by atoms with van der Waals surface area (Å²) in [5, 5.41) is 7.19. The SMILES string of the molecule is COc1ccc(C(=O)Nc2nn(C(=O)C3CC3)c3c2CN(C(=O)OC(C)(C)C)C3)cc1. The molecule has 1 aliphatic heterocycles. The minimum absolute atomic E-state index is 0.0512. The lowest BCUT2D eigenvalue weighted by atomic mass is 10.2. The van der Waals surface area contributed by atoms with Gasteiger partial charge in [0, 0.05) is 17.0 Å². The van der Waals surface area contributed by atoms with Crippen LogP contribution >= 0.6 is 0 Å². The molecule has 1 N–H and O–H groups in total. The minimum atomic E-state index is -0.632. The van der Waals surface area contributed by atoms with E-state index in [9.17, 15) is 14.4 Å². The van der Waals surface area contributed by atoms with Gasteiger partial charge >= 0.3 is 6.09 Å². The Hall–Kier alpha value is -3.36. The summed E-state index contributed by atoms with van der Waals surface area (Å²) in [6.07, 6.45) is 1.19. The molecule has 164 valence electrons. The van der Waals surface area contributed by atoms with Gasteiger partial charge < -0.3 is 14.8 Å². The van der Waals surface area contributed by atoms with Crippen LogP contribution in [0.3, 0.4) is 0 Å². The normalized spacial score (nSPS) is 15.4. The molecule has 0 bridgehead atoms. The summed E-state index contributed by atoms with van der Waals surface area (Å²) in [7, 11) is 1.55. The zero-order chi connectivity index (χ0) is 22.3. The fraction of sp³-hybridized carbons (Fsp3) is 0.455. The average Bonchev–Trinajstić information content (AvgIpc) is 3.39. The van der Waals surface area contributed by atoms with Gasteiger partial charge in [0.05, 0.1) is 25.9 Å². The van der Waals surface area contributed by atoms with Crippen LogP contribution in [0.5, 0.6) is 5.75 Å². The maximum Gasteiger partial charge on any atom is 0.410 e. The van der Waals surface area contributed by atoms with Gasteiger partial charge in [0.1, 0.15) is 11.4 Å². The van der Waals surface area contributed by atoms with Crippen LogP contribution in [0.2, 0.25) is 0 Å². The fourth-order valence-corrected chi connectivity index (χ4v) is 3.40. The maximum atomic E-state index is 12.8. The van der Waals surface area contributed by atoms with Gasteiger partial charge in [0.2, 0.25) is 5.91 Å². The molecular formula is C22H26N4O5. The lowest BCUT2D eigenvalue weighted by Gasteiger charge is -2.24. The van der Waals surface area contributed by atoms with Crippen molar-refractivity contribution in [3.63, 3.8) is 0 Å². The molecule has 2 heterocycles. The summed E-state index contributed by atoms with van der Waals surface area (Å²) in [6, 6.07) is 6.68. The molecule has 1 aromatic heterocycles. The van der Waals surface area contributed by atoms with Crippen molar-refractivity contribution in [2.24, 2.45) is 5.92 Å². The largest absolute Gasteiger partial charge is 0.497 e. The molecule has 1 aromatic carbocycles.